The van der Waals surface area contributed by atoms with Gasteiger partial charge in [0.1, 0.15) is 6.61 Å². The molecule has 3 rings (SSSR count). The Kier molecular flexibility index (Phi) is 7.75. The number of para-hydroxylation sites is 2. The van der Waals surface area contributed by atoms with Gasteiger partial charge in [-0.25, -0.2) is 0 Å². The lowest BCUT2D eigenvalue weighted by molar-refractivity contribution is -0.113. The molecule has 0 spiro atoms. The zero-order valence-corrected chi connectivity index (χ0v) is 19.4. The van der Waals surface area contributed by atoms with Gasteiger partial charge in [0.25, 0.3) is 0 Å². The number of hydrogen-bond acceptors (Lipinski definition) is 6. The highest BCUT2D eigenvalue weighted by molar-refractivity contribution is 9.10. The Balaban J connectivity index is 1.59. The van der Waals surface area contributed by atoms with Gasteiger partial charge in [-0.3, -0.25) is 4.79 Å². The van der Waals surface area contributed by atoms with Crippen LogP contribution in [0.5, 0.6) is 11.5 Å². The van der Waals surface area contributed by atoms with Crippen LogP contribution in [-0.4, -0.2) is 33.5 Å². The number of thioether (sulfide) groups is 1. The van der Waals surface area contributed by atoms with Crippen molar-refractivity contribution in [3.05, 3.63) is 58.3 Å². The van der Waals surface area contributed by atoms with Gasteiger partial charge in [0.05, 0.1) is 12.9 Å². The van der Waals surface area contributed by atoms with Crippen LogP contribution in [0.2, 0.25) is 0 Å². The maximum atomic E-state index is 12.3. The van der Waals surface area contributed by atoms with E-state index in [1.807, 2.05) is 60.9 Å². The number of rotatable bonds is 9. The number of carbonyl (C=O) groups is 1. The van der Waals surface area contributed by atoms with Gasteiger partial charge in [-0.1, -0.05) is 39.8 Å². The van der Waals surface area contributed by atoms with Crippen LogP contribution in [0.3, 0.4) is 0 Å². The predicted octanol–water partition coefficient (Wildman–Crippen LogP) is 4.69. The summed E-state index contributed by atoms with van der Waals surface area (Å²) < 4.78 is 14.1. The summed E-state index contributed by atoms with van der Waals surface area (Å²) >= 11 is 4.80. The van der Waals surface area contributed by atoms with Crippen LogP contribution in [0.15, 0.2) is 52.1 Å². The lowest BCUT2D eigenvalue weighted by Crippen LogP contribution is -2.15. The molecule has 7 nitrogen and oxygen atoms in total. The molecule has 0 atom stereocenters. The van der Waals surface area contributed by atoms with E-state index in [0.717, 1.165) is 15.7 Å². The Morgan fingerprint density at radius 3 is 2.67 bits per heavy atom. The highest BCUT2D eigenvalue weighted by Crippen LogP contribution is 2.27. The number of methoxy groups -OCH3 is 1. The van der Waals surface area contributed by atoms with Crippen molar-refractivity contribution in [2.45, 2.75) is 32.2 Å². The van der Waals surface area contributed by atoms with E-state index >= 15 is 0 Å². The first-order valence-electron chi connectivity index (χ1n) is 9.38. The summed E-state index contributed by atoms with van der Waals surface area (Å²) in [4.78, 5) is 12.3. The number of nitrogens with one attached hydrogen (secondary N) is 1. The average Bonchev–Trinajstić information content (AvgIpc) is 3.15. The number of aromatic nitrogens is 3. The van der Waals surface area contributed by atoms with Gasteiger partial charge in [-0.15, -0.1) is 10.2 Å². The molecule has 9 heteroatoms. The summed E-state index contributed by atoms with van der Waals surface area (Å²) in [6.07, 6.45) is 0. The molecule has 1 aromatic heterocycles. The molecule has 0 aliphatic heterocycles. The predicted molar refractivity (Wildman–Crippen MR) is 121 cm³/mol. The summed E-state index contributed by atoms with van der Waals surface area (Å²) in [5, 5.41) is 12.0. The molecular weight excluding hydrogens is 468 g/mol. The third-order valence-electron chi connectivity index (χ3n) is 4.31. The average molecular weight is 491 g/mol. The third kappa shape index (κ3) is 5.54. The minimum Gasteiger partial charge on any atom is -0.493 e. The molecule has 1 heterocycles. The van der Waals surface area contributed by atoms with Gasteiger partial charge in [0, 0.05) is 16.7 Å². The van der Waals surface area contributed by atoms with Gasteiger partial charge in [-0.05, 0) is 49.7 Å². The van der Waals surface area contributed by atoms with E-state index in [1.165, 1.54) is 11.8 Å². The van der Waals surface area contributed by atoms with Gasteiger partial charge >= 0.3 is 0 Å². The van der Waals surface area contributed by atoms with E-state index < -0.39 is 0 Å². The molecule has 0 aliphatic carbocycles. The fraction of sp³-hybridized carbons (Fsp3) is 0.286. The number of ether oxygens (including phenoxy) is 2. The molecule has 3 aromatic rings. The molecule has 2 aromatic carbocycles. The van der Waals surface area contributed by atoms with Crippen molar-refractivity contribution in [2.75, 3.05) is 18.2 Å². The van der Waals surface area contributed by atoms with Gasteiger partial charge in [-0.2, -0.15) is 0 Å². The van der Waals surface area contributed by atoms with Crippen molar-refractivity contribution < 1.29 is 14.3 Å². The number of benzene rings is 2. The zero-order valence-electron chi connectivity index (χ0n) is 17.0. The summed E-state index contributed by atoms with van der Waals surface area (Å²) in [6.45, 7) is 4.91. The van der Waals surface area contributed by atoms with Crippen LogP contribution in [0.4, 0.5) is 5.69 Å². The van der Waals surface area contributed by atoms with Crippen molar-refractivity contribution >= 4 is 39.3 Å². The van der Waals surface area contributed by atoms with Crippen LogP contribution < -0.4 is 14.8 Å². The summed E-state index contributed by atoms with van der Waals surface area (Å²) in [5.41, 5.74) is 1.83. The summed E-state index contributed by atoms with van der Waals surface area (Å²) in [5.74, 6) is 2.13. The molecule has 0 saturated heterocycles. The molecule has 0 bridgehead atoms. The standard InChI is InChI=1S/C21H23BrN4O3S/c1-4-26-19(12-29-18-8-6-5-7-17(18)28-3)24-25-21(26)30-13-20(27)23-15-9-10-16(22)14(2)11-15/h5-11H,4,12-13H2,1-3H3,(H,23,27). The molecule has 30 heavy (non-hydrogen) atoms. The number of hydrogen-bond donors (Lipinski definition) is 1. The molecule has 1 amide bonds. The Hall–Kier alpha value is -2.52. The summed E-state index contributed by atoms with van der Waals surface area (Å²) in [7, 11) is 1.60. The quantitative estimate of drug-likeness (QED) is 0.438. The lowest BCUT2D eigenvalue weighted by Gasteiger charge is -2.11. The maximum Gasteiger partial charge on any atom is 0.234 e. The fourth-order valence-electron chi connectivity index (χ4n) is 2.78. The minimum absolute atomic E-state index is 0.0980. The van der Waals surface area contributed by atoms with Crippen LogP contribution in [0, 0.1) is 6.92 Å². The van der Waals surface area contributed by atoms with Crippen molar-refractivity contribution in [3.8, 4) is 11.5 Å². The monoisotopic (exact) mass is 490 g/mol. The van der Waals surface area contributed by atoms with E-state index in [2.05, 4.69) is 31.4 Å². The smallest absolute Gasteiger partial charge is 0.234 e. The molecule has 0 aliphatic rings. The van der Waals surface area contributed by atoms with Crippen LogP contribution in [0.25, 0.3) is 0 Å². The Labute approximate surface area is 188 Å². The molecule has 0 radical (unpaired) electrons. The van der Waals surface area contributed by atoms with E-state index in [1.54, 1.807) is 7.11 Å². The summed E-state index contributed by atoms with van der Waals surface area (Å²) in [6, 6.07) is 13.2. The van der Waals surface area contributed by atoms with Crippen molar-refractivity contribution in [3.63, 3.8) is 0 Å². The number of nitrogens with zero attached hydrogens (tertiary/aromatic N) is 3. The highest BCUT2D eigenvalue weighted by Gasteiger charge is 2.15. The van der Waals surface area contributed by atoms with Gasteiger partial charge < -0.3 is 19.4 Å². The SMILES string of the molecule is CCn1c(COc2ccccc2OC)nnc1SCC(=O)Nc1ccc(Br)c(C)c1. The molecule has 0 unspecified atom stereocenters. The Morgan fingerprint density at radius 2 is 1.97 bits per heavy atom. The van der Waals surface area contributed by atoms with E-state index in [-0.39, 0.29) is 18.3 Å². The second-order valence-electron chi connectivity index (χ2n) is 6.38. The molecule has 158 valence electrons. The van der Waals surface area contributed by atoms with E-state index in [4.69, 9.17) is 9.47 Å². The van der Waals surface area contributed by atoms with E-state index in [9.17, 15) is 4.79 Å². The minimum atomic E-state index is -0.0980. The zero-order chi connectivity index (χ0) is 21.5. The second-order valence-corrected chi connectivity index (χ2v) is 8.18. The maximum absolute atomic E-state index is 12.3. The number of anilines is 1. The van der Waals surface area contributed by atoms with E-state index in [0.29, 0.717) is 29.0 Å². The number of aryl methyl sites for hydroxylation is 1. The van der Waals surface area contributed by atoms with Crippen molar-refractivity contribution in [1.82, 2.24) is 14.8 Å². The lowest BCUT2D eigenvalue weighted by atomic mass is 10.2. The van der Waals surface area contributed by atoms with Gasteiger partial charge in [0.15, 0.2) is 22.5 Å². The first-order valence-corrected chi connectivity index (χ1v) is 11.2. The van der Waals surface area contributed by atoms with Crippen molar-refractivity contribution in [1.29, 1.82) is 0 Å². The Morgan fingerprint density at radius 1 is 1.20 bits per heavy atom. The van der Waals surface area contributed by atoms with Crippen LogP contribution >= 0.6 is 27.7 Å². The second kappa shape index (κ2) is 10.5. The number of halogens is 1. The molecular formula is C21H23BrN4O3S. The van der Waals surface area contributed by atoms with Crippen LogP contribution in [0.1, 0.15) is 18.3 Å². The van der Waals surface area contributed by atoms with Crippen LogP contribution in [-0.2, 0) is 17.9 Å². The molecule has 0 fully saturated rings. The largest absolute Gasteiger partial charge is 0.493 e. The van der Waals surface area contributed by atoms with Gasteiger partial charge in [0.2, 0.25) is 5.91 Å². The normalized spacial score (nSPS) is 10.7. The first kappa shape index (κ1) is 22.2. The highest BCUT2D eigenvalue weighted by atomic mass is 79.9. The number of carbonyl (C=O) groups excluding carboxylic acids is 1. The number of amides is 1. The Bertz CT molecular complexity index is 1030. The first-order chi connectivity index (χ1) is 14.5. The molecule has 0 saturated carbocycles. The fourth-order valence-corrected chi connectivity index (χ4v) is 3.85. The topological polar surface area (TPSA) is 78.3 Å². The third-order valence-corrected chi connectivity index (χ3v) is 6.17. The molecule has 1 N–H and O–H groups in total. The van der Waals surface area contributed by atoms with Crippen molar-refractivity contribution in [2.24, 2.45) is 0 Å².